The van der Waals surface area contributed by atoms with Crippen LogP contribution in [0.2, 0.25) is 0 Å². The van der Waals surface area contributed by atoms with Crippen LogP contribution >= 0.6 is 11.3 Å². The van der Waals surface area contributed by atoms with E-state index in [1.165, 1.54) is 11.3 Å². The highest BCUT2D eigenvalue weighted by Crippen LogP contribution is 2.34. The van der Waals surface area contributed by atoms with E-state index in [-0.39, 0.29) is 11.3 Å². The van der Waals surface area contributed by atoms with Gasteiger partial charge in [-0.1, -0.05) is 6.07 Å². The molecule has 134 valence electrons. The Labute approximate surface area is 152 Å². The van der Waals surface area contributed by atoms with Crippen LogP contribution in [0.4, 0.5) is 0 Å². The Hall–Kier alpha value is -1.70. The molecule has 7 heteroatoms. The second kappa shape index (κ2) is 6.90. The van der Waals surface area contributed by atoms with Gasteiger partial charge in [-0.25, -0.2) is 4.98 Å². The van der Waals surface area contributed by atoms with E-state index in [9.17, 15) is 4.79 Å². The van der Waals surface area contributed by atoms with Crippen LogP contribution in [0.1, 0.15) is 21.9 Å². The molecule has 0 aliphatic carbocycles. The third kappa shape index (κ3) is 3.49. The van der Waals surface area contributed by atoms with Gasteiger partial charge in [-0.3, -0.25) is 9.69 Å². The number of aryl methyl sites for hydroxylation is 1. The molecule has 2 aliphatic rings. The zero-order valence-electron chi connectivity index (χ0n) is 14.6. The smallest absolute Gasteiger partial charge is 0.264 e. The van der Waals surface area contributed by atoms with Gasteiger partial charge in [-0.05, 0) is 24.4 Å². The molecule has 1 spiro atoms. The van der Waals surface area contributed by atoms with E-state index in [2.05, 4.69) is 14.5 Å². The van der Waals surface area contributed by atoms with Gasteiger partial charge in [0.2, 0.25) is 0 Å². The number of amides is 1. The van der Waals surface area contributed by atoms with Crippen molar-refractivity contribution in [2.45, 2.75) is 13.0 Å². The summed E-state index contributed by atoms with van der Waals surface area (Å²) in [5, 5.41) is 1.96. The molecule has 4 heterocycles. The molecule has 2 fully saturated rings. The SMILES string of the molecule is Cn1ccnc1CN1CC[C@@]2(COCCN(C(=O)c3cccs3)C2)C1. The molecule has 0 aromatic carbocycles. The van der Waals surface area contributed by atoms with E-state index in [0.29, 0.717) is 13.2 Å². The van der Waals surface area contributed by atoms with Crippen molar-refractivity contribution in [2.24, 2.45) is 12.5 Å². The Morgan fingerprint density at radius 1 is 1.40 bits per heavy atom. The van der Waals surface area contributed by atoms with E-state index in [0.717, 1.165) is 49.9 Å². The molecular weight excluding hydrogens is 336 g/mol. The maximum absolute atomic E-state index is 12.8. The molecule has 4 rings (SSSR count). The van der Waals surface area contributed by atoms with Crippen LogP contribution in [0.15, 0.2) is 29.9 Å². The zero-order chi connectivity index (χ0) is 17.3. The summed E-state index contributed by atoms with van der Waals surface area (Å²) >= 11 is 1.51. The number of carbonyl (C=O) groups excluding carboxylic acids is 1. The largest absolute Gasteiger partial charge is 0.379 e. The first-order chi connectivity index (χ1) is 12.2. The number of likely N-dealkylation sites (tertiary alicyclic amines) is 1. The van der Waals surface area contributed by atoms with Crippen molar-refractivity contribution in [3.8, 4) is 0 Å². The molecule has 0 radical (unpaired) electrons. The van der Waals surface area contributed by atoms with Crippen LogP contribution in [0.25, 0.3) is 0 Å². The summed E-state index contributed by atoms with van der Waals surface area (Å²) in [5.41, 5.74) is 0.0363. The summed E-state index contributed by atoms with van der Waals surface area (Å²) in [6.07, 6.45) is 4.89. The van der Waals surface area contributed by atoms with Gasteiger partial charge in [0.15, 0.2) is 0 Å². The van der Waals surface area contributed by atoms with Crippen LogP contribution in [0.3, 0.4) is 0 Å². The third-order valence-electron chi connectivity index (χ3n) is 5.26. The highest BCUT2D eigenvalue weighted by molar-refractivity contribution is 7.12. The Kier molecular flexibility index (Phi) is 4.62. The van der Waals surface area contributed by atoms with E-state index in [4.69, 9.17) is 4.74 Å². The number of carbonyl (C=O) groups is 1. The van der Waals surface area contributed by atoms with Gasteiger partial charge in [0.1, 0.15) is 5.82 Å². The van der Waals surface area contributed by atoms with E-state index in [1.54, 1.807) is 0 Å². The molecule has 0 bridgehead atoms. The topological polar surface area (TPSA) is 50.6 Å². The van der Waals surface area contributed by atoms with Crippen molar-refractivity contribution in [1.82, 2.24) is 19.4 Å². The molecular formula is C18H24N4O2S. The normalized spacial score (nSPS) is 24.8. The lowest BCUT2D eigenvalue weighted by Crippen LogP contribution is -2.43. The molecule has 25 heavy (non-hydrogen) atoms. The fourth-order valence-corrected chi connectivity index (χ4v) is 4.57. The second-order valence-electron chi connectivity index (χ2n) is 7.17. The van der Waals surface area contributed by atoms with Gasteiger partial charge in [-0.15, -0.1) is 11.3 Å². The minimum absolute atomic E-state index is 0.0363. The van der Waals surface area contributed by atoms with Crippen LogP contribution in [-0.2, 0) is 18.3 Å². The minimum atomic E-state index is 0.0363. The summed E-state index contributed by atoms with van der Waals surface area (Å²) in [4.78, 5) is 22.5. The Balaban J connectivity index is 1.45. The van der Waals surface area contributed by atoms with Crippen LogP contribution < -0.4 is 0 Å². The first kappa shape index (κ1) is 16.8. The molecule has 6 nitrogen and oxygen atoms in total. The number of ether oxygens (including phenoxy) is 1. The quantitative estimate of drug-likeness (QED) is 0.838. The summed E-state index contributed by atoms with van der Waals surface area (Å²) in [5.74, 6) is 1.22. The highest BCUT2D eigenvalue weighted by Gasteiger charge is 2.42. The molecule has 2 aromatic rings. The average Bonchev–Trinajstić information content (AvgIpc) is 3.31. The third-order valence-corrected chi connectivity index (χ3v) is 6.12. The molecule has 1 amide bonds. The standard InChI is InChI=1S/C18H24N4O2S/c1-20-7-5-19-16(20)11-21-6-4-18(12-21)13-22(8-9-24-14-18)17(23)15-3-2-10-25-15/h2-3,5,7,10H,4,6,8-9,11-14H2,1H3/t18-/m1/s1. The Bertz CT molecular complexity index is 729. The number of nitrogens with zero attached hydrogens (tertiary/aromatic N) is 4. The lowest BCUT2D eigenvalue weighted by Gasteiger charge is -2.31. The van der Waals surface area contributed by atoms with Crippen molar-refractivity contribution in [2.75, 3.05) is 39.4 Å². The number of aromatic nitrogens is 2. The second-order valence-corrected chi connectivity index (χ2v) is 8.12. The summed E-state index contributed by atoms with van der Waals surface area (Å²) < 4.78 is 7.97. The molecule has 2 aromatic heterocycles. The van der Waals surface area contributed by atoms with Gasteiger partial charge in [0, 0.05) is 44.5 Å². The molecule has 0 unspecified atom stereocenters. The Morgan fingerprint density at radius 3 is 3.08 bits per heavy atom. The van der Waals surface area contributed by atoms with Crippen molar-refractivity contribution in [1.29, 1.82) is 0 Å². The molecule has 2 aliphatic heterocycles. The number of thiophene rings is 1. The van der Waals surface area contributed by atoms with E-state index in [1.807, 2.05) is 41.9 Å². The van der Waals surface area contributed by atoms with Gasteiger partial charge < -0.3 is 14.2 Å². The number of hydrogen-bond donors (Lipinski definition) is 0. The summed E-state index contributed by atoms with van der Waals surface area (Å²) in [7, 11) is 2.03. The van der Waals surface area contributed by atoms with E-state index < -0.39 is 0 Å². The first-order valence-electron chi connectivity index (χ1n) is 8.74. The fraction of sp³-hybridized carbons (Fsp3) is 0.556. The van der Waals surface area contributed by atoms with Gasteiger partial charge in [-0.2, -0.15) is 0 Å². The predicted octanol–water partition coefficient (Wildman–Crippen LogP) is 1.85. The monoisotopic (exact) mass is 360 g/mol. The van der Waals surface area contributed by atoms with Crippen LogP contribution in [0, 0.1) is 5.41 Å². The Morgan fingerprint density at radius 2 is 2.32 bits per heavy atom. The zero-order valence-corrected chi connectivity index (χ0v) is 15.4. The first-order valence-corrected chi connectivity index (χ1v) is 9.62. The maximum Gasteiger partial charge on any atom is 0.264 e. The summed E-state index contributed by atoms with van der Waals surface area (Å²) in [6.45, 7) is 5.64. The maximum atomic E-state index is 12.8. The molecule has 0 N–H and O–H groups in total. The van der Waals surface area contributed by atoms with Gasteiger partial charge in [0.25, 0.3) is 5.91 Å². The van der Waals surface area contributed by atoms with Crippen molar-refractivity contribution < 1.29 is 9.53 Å². The van der Waals surface area contributed by atoms with E-state index >= 15 is 0 Å². The van der Waals surface area contributed by atoms with Gasteiger partial charge in [0.05, 0.1) is 24.6 Å². The minimum Gasteiger partial charge on any atom is -0.379 e. The van der Waals surface area contributed by atoms with Crippen molar-refractivity contribution in [3.05, 3.63) is 40.6 Å². The van der Waals surface area contributed by atoms with Crippen LogP contribution in [0.5, 0.6) is 0 Å². The number of imidazole rings is 1. The molecule has 1 atom stereocenters. The highest BCUT2D eigenvalue weighted by atomic mass is 32.1. The van der Waals surface area contributed by atoms with Crippen LogP contribution in [-0.4, -0.2) is 64.7 Å². The van der Waals surface area contributed by atoms with Crippen molar-refractivity contribution in [3.63, 3.8) is 0 Å². The molecule has 2 saturated heterocycles. The number of hydrogen-bond acceptors (Lipinski definition) is 5. The van der Waals surface area contributed by atoms with Crippen molar-refractivity contribution >= 4 is 17.2 Å². The number of rotatable bonds is 3. The lowest BCUT2D eigenvalue weighted by atomic mass is 9.87. The molecule has 0 saturated carbocycles. The fourth-order valence-electron chi connectivity index (χ4n) is 3.88. The lowest BCUT2D eigenvalue weighted by molar-refractivity contribution is 0.0645. The summed E-state index contributed by atoms with van der Waals surface area (Å²) in [6, 6.07) is 3.85. The predicted molar refractivity (Wildman–Crippen MR) is 96.6 cm³/mol. The van der Waals surface area contributed by atoms with Gasteiger partial charge >= 0.3 is 0 Å². The average molecular weight is 360 g/mol.